The van der Waals surface area contributed by atoms with Gasteiger partial charge in [-0.2, -0.15) is 4.57 Å². The van der Waals surface area contributed by atoms with Crippen LogP contribution in [-0.4, -0.2) is 22.2 Å². The second kappa shape index (κ2) is 8.03. The van der Waals surface area contributed by atoms with Crippen LogP contribution in [0.15, 0.2) is 58.9 Å². The van der Waals surface area contributed by atoms with E-state index in [4.69, 9.17) is 0 Å². The van der Waals surface area contributed by atoms with Gasteiger partial charge in [0.2, 0.25) is 5.52 Å². The second-order valence-corrected chi connectivity index (χ2v) is 11.2. The predicted octanol–water partition coefficient (Wildman–Crippen LogP) is 5.05. The van der Waals surface area contributed by atoms with Crippen molar-refractivity contribution < 1.29 is 24.4 Å². The smallest absolute Gasteiger partial charge is 0.344 e. The van der Waals surface area contributed by atoms with Crippen LogP contribution in [0, 0.1) is 0 Å². The number of thioether (sulfide) groups is 4. The number of hydrogen-bond acceptors (Lipinski definition) is 7. The fraction of sp³-hybridized carbons (Fsp3) is 0.0556. The van der Waals surface area contributed by atoms with Gasteiger partial charge in [-0.1, -0.05) is 70.5 Å². The van der Waals surface area contributed by atoms with Crippen molar-refractivity contribution in [2.75, 3.05) is 0 Å². The molecule has 1 aromatic carbocycles. The monoisotopic (exact) mass is 466 g/mol. The molecule has 0 aliphatic carbocycles. The predicted molar refractivity (Wildman–Crippen MR) is 120 cm³/mol. The molecule has 1 aromatic heterocycles. The molecule has 0 saturated carbocycles. The van der Waals surface area contributed by atoms with Gasteiger partial charge >= 0.3 is 11.9 Å². The number of thiazole rings is 1. The number of aromatic nitrogens is 1. The van der Waals surface area contributed by atoms with E-state index in [1.807, 2.05) is 30.7 Å². The number of para-hydroxylation sites is 1. The van der Waals surface area contributed by atoms with Crippen molar-refractivity contribution in [1.29, 1.82) is 0 Å². The average molecular weight is 467 g/mol. The summed E-state index contributed by atoms with van der Waals surface area (Å²) in [5.74, 6) is -2.41. The van der Waals surface area contributed by atoms with Gasteiger partial charge in [0.25, 0.3) is 5.01 Å². The SMILES string of the molecule is C[n+]1c(/C=C/C2=CSC(=C3SC(C(=O)O)=C(C(=O)O)S3)S2)sc2ccccc21. The third kappa shape index (κ3) is 3.79. The van der Waals surface area contributed by atoms with E-state index in [2.05, 4.69) is 22.8 Å². The summed E-state index contributed by atoms with van der Waals surface area (Å²) in [6.07, 6.45) is 4.10. The maximum Gasteiger partial charge on any atom is 0.344 e. The first-order valence-electron chi connectivity index (χ1n) is 7.85. The van der Waals surface area contributed by atoms with Crippen LogP contribution in [0.5, 0.6) is 0 Å². The molecule has 0 spiro atoms. The molecule has 142 valence electrons. The molecule has 3 heterocycles. The molecule has 2 aromatic rings. The highest BCUT2D eigenvalue weighted by Gasteiger charge is 2.33. The zero-order valence-electron chi connectivity index (χ0n) is 14.2. The van der Waals surface area contributed by atoms with Crippen molar-refractivity contribution in [3.05, 3.63) is 63.9 Å². The van der Waals surface area contributed by atoms with Crippen LogP contribution in [0.3, 0.4) is 0 Å². The van der Waals surface area contributed by atoms with Crippen molar-refractivity contribution in [2.45, 2.75) is 0 Å². The third-order valence-electron chi connectivity index (χ3n) is 3.81. The quantitative estimate of drug-likeness (QED) is 0.606. The molecular formula is C18H12NO4S5+. The summed E-state index contributed by atoms with van der Waals surface area (Å²) < 4.78 is 4.98. The molecule has 0 unspecified atom stereocenters. The average Bonchev–Trinajstić information content (AvgIpc) is 3.37. The van der Waals surface area contributed by atoms with E-state index >= 15 is 0 Å². The van der Waals surface area contributed by atoms with Crippen LogP contribution < -0.4 is 4.57 Å². The molecule has 0 saturated heterocycles. The molecule has 2 aliphatic rings. The van der Waals surface area contributed by atoms with Gasteiger partial charge in [-0.3, -0.25) is 0 Å². The number of allylic oxidation sites excluding steroid dienone is 1. The topological polar surface area (TPSA) is 78.5 Å². The fourth-order valence-electron chi connectivity index (χ4n) is 2.51. The number of carboxylic acids is 2. The van der Waals surface area contributed by atoms with Crippen LogP contribution in [0.25, 0.3) is 16.3 Å². The molecule has 2 aliphatic heterocycles. The summed E-state index contributed by atoms with van der Waals surface area (Å²) in [6, 6.07) is 8.24. The summed E-state index contributed by atoms with van der Waals surface area (Å²) >= 11 is 6.76. The summed E-state index contributed by atoms with van der Waals surface area (Å²) in [5, 5.41) is 21.6. The third-order valence-corrected chi connectivity index (χ3v) is 10.4. The Bertz CT molecular complexity index is 1110. The van der Waals surface area contributed by atoms with Crippen LogP contribution in [0.4, 0.5) is 0 Å². The minimum Gasteiger partial charge on any atom is -0.477 e. The van der Waals surface area contributed by atoms with Gasteiger partial charge in [-0.15, -0.1) is 0 Å². The van der Waals surface area contributed by atoms with Crippen LogP contribution >= 0.6 is 58.4 Å². The zero-order valence-corrected chi connectivity index (χ0v) is 18.3. The lowest BCUT2D eigenvalue weighted by atomic mass is 10.3. The molecule has 0 amide bonds. The van der Waals surface area contributed by atoms with Crippen LogP contribution in [0.1, 0.15) is 5.01 Å². The minimum atomic E-state index is -1.20. The fourth-order valence-corrected chi connectivity index (χ4v) is 8.39. The first-order chi connectivity index (χ1) is 13.4. The van der Waals surface area contributed by atoms with Gasteiger partial charge in [0.05, 0.1) is 8.47 Å². The molecule has 0 atom stereocenters. The molecule has 28 heavy (non-hydrogen) atoms. The van der Waals surface area contributed by atoms with Gasteiger partial charge in [0.1, 0.15) is 21.6 Å². The normalized spacial score (nSPS) is 17.2. The molecule has 0 radical (unpaired) electrons. The number of fused-ring (bicyclic) bond motifs is 1. The number of rotatable bonds is 4. The van der Waals surface area contributed by atoms with E-state index in [1.165, 1.54) is 33.7 Å². The Balaban J connectivity index is 1.51. The number of aliphatic carboxylic acids is 2. The number of carboxylic acid groups (broad SMARTS) is 2. The number of aryl methyl sites for hydroxylation is 1. The van der Waals surface area contributed by atoms with E-state index in [9.17, 15) is 19.8 Å². The zero-order chi connectivity index (χ0) is 19.8. The maximum absolute atomic E-state index is 11.3. The Morgan fingerprint density at radius 2 is 1.64 bits per heavy atom. The highest BCUT2D eigenvalue weighted by atomic mass is 32.2. The molecule has 2 N–H and O–H groups in total. The van der Waals surface area contributed by atoms with Crippen molar-refractivity contribution in [3.8, 4) is 0 Å². The maximum atomic E-state index is 11.3. The van der Waals surface area contributed by atoms with Gasteiger partial charge in [0, 0.05) is 17.0 Å². The highest BCUT2D eigenvalue weighted by Crippen LogP contribution is 2.58. The van der Waals surface area contributed by atoms with E-state index < -0.39 is 11.9 Å². The Morgan fingerprint density at radius 1 is 0.964 bits per heavy atom. The molecular weight excluding hydrogens is 455 g/mol. The van der Waals surface area contributed by atoms with Crippen LogP contribution in [0.2, 0.25) is 0 Å². The van der Waals surface area contributed by atoms with Crippen molar-refractivity contribution in [2.24, 2.45) is 7.05 Å². The van der Waals surface area contributed by atoms with Gasteiger partial charge < -0.3 is 10.2 Å². The number of hydrogen-bond donors (Lipinski definition) is 2. The van der Waals surface area contributed by atoms with E-state index in [1.54, 1.807) is 11.3 Å². The Hall–Kier alpha value is -1.59. The first kappa shape index (κ1) is 19.7. The number of nitrogens with zero attached hydrogens (tertiary/aromatic N) is 1. The van der Waals surface area contributed by atoms with Gasteiger partial charge in [0.15, 0.2) is 0 Å². The first-order valence-corrected chi connectivity index (χ1v) is 12.0. The summed E-state index contributed by atoms with van der Waals surface area (Å²) in [5.41, 5.74) is 1.18. The molecule has 10 heteroatoms. The number of benzene rings is 1. The molecule has 0 fully saturated rings. The second-order valence-electron chi connectivity index (χ2n) is 5.59. The lowest BCUT2D eigenvalue weighted by Crippen LogP contribution is -2.28. The van der Waals surface area contributed by atoms with Crippen molar-refractivity contribution in [1.82, 2.24) is 0 Å². The Morgan fingerprint density at radius 3 is 2.29 bits per heavy atom. The standard InChI is InChI=1S/C18H11NO4S5/c1-19-10-4-2-3-5-11(10)26-12(19)7-6-9-8-24-17(25-9)18-27-13(15(20)21)14(28-18)16(22)23/h2-8H,1H3,(H-,20,21,22,23)/p+1/b7-6+. The van der Waals surface area contributed by atoms with E-state index in [-0.39, 0.29) is 9.81 Å². The van der Waals surface area contributed by atoms with Gasteiger partial charge in [-0.25, -0.2) is 9.59 Å². The van der Waals surface area contributed by atoms with E-state index in [0.29, 0.717) is 4.24 Å². The summed E-state index contributed by atoms with van der Waals surface area (Å²) in [4.78, 5) is 23.4. The minimum absolute atomic E-state index is 0.123. The molecule has 0 bridgehead atoms. The lowest BCUT2D eigenvalue weighted by molar-refractivity contribution is -0.642. The largest absolute Gasteiger partial charge is 0.477 e. The molecule has 4 rings (SSSR count). The highest BCUT2D eigenvalue weighted by molar-refractivity contribution is 8.34. The summed E-state index contributed by atoms with van der Waals surface area (Å²) in [7, 11) is 2.04. The van der Waals surface area contributed by atoms with Gasteiger partial charge in [-0.05, 0) is 17.6 Å². The van der Waals surface area contributed by atoms with E-state index in [0.717, 1.165) is 37.7 Å². The number of carbonyl (C=O) groups is 2. The lowest BCUT2D eigenvalue weighted by Gasteiger charge is -2.00. The van der Waals surface area contributed by atoms with Crippen LogP contribution in [-0.2, 0) is 16.6 Å². The molecule has 5 nitrogen and oxygen atoms in total. The van der Waals surface area contributed by atoms with Crippen molar-refractivity contribution in [3.63, 3.8) is 0 Å². The summed E-state index contributed by atoms with van der Waals surface area (Å²) in [6.45, 7) is 0. The van der Waals surface area contributed by atoms with Crippen molar-refractivity contribution >= 4 is 86.6 Å². The Labute approximate surface area is 181 Å². The Kier molecular flexibility index (Phi) is 5.66.